The fourth-order valence-electron chi connectivity index (χ4n) is 4.71. The summed E-state index contributed by atoms with van der Waals surface area (Å²) in [5.41, 5.74) is 9.12. The highest BCUT2D eigenvalue weighted by molar-refractivity contribution is 6.03. The van der Waals surface area contributed by atoms with E-state index in [0.29, 0.717) is 30.5 Å². The fourth-order valence-corrected chi connectivity index (χ4v) is 4.71. The van der Waals surface area contributed by atoms with E-state index in [2.05, 4.69) is 44.8 Å². The Morgan fingerprint density at radius 3 is 2.75 bits per heavy atom. The predicted octanol–water partition coefficient (Wildman–Crippen LogP) is 2.20. The quantitative estimate of drug-likeness (QED) is 0.605. The van der Waals surface area contributed by atoms with Gasteiger partial charge in [0.05, 0.1) is 12.6 Å². The van der Waals surface area contributed by atoms with Crippen molar-refractivity contribution in [3.05, 3.63) is 35.4 Å². The van der Waals surface area contributed by atoms with E-state index in [-0.39, 0.29) is 24.4 Å². The van der Waals surface area contributed by atoms with Crippen LogP contribution in [0.15, 0.2) is 24.3 Å². The van der Waals surface area contributed by atoms with Crippen molar-refractivity contribution in [1.29, 1.82) is 0 Å². The van der Waals surface area contributed by atoms with Crippen LogP contribution in [0.5, 0.6) is 0 Å². The number of nitrogens with one attached hydrogen (secondary N) is 2. The molecule has 1 unspecified atom stereocenters. The number of hydrogen-bond acceptors (Lipinski definition) is 8. The fraction of sp³-hybridized carbons (Fsp3) is 0.522. The van der Waals surface area contributed by atoms with E-state index in [1.165, 1.54) is 31.5 Å². The summed E-state index contributed by atoms with van der Waals surface area (Å²) in [4.78, 5) is 25.9. The van der Waals surface area contributed by atoms with Crippen LogP contribution in [-0.2, 0) is 22.6 Å². The molecule has 0 spiro atoms. The molecule has 3 aliphatic rings. The van der Waals surface area contributed by atoms with Crippen molar-refractivity contribution in [2.45, 2.75) is 44.9 Å². The number of fused-ring (bicyclic) bond motifs is 1. The number of rotatable bonds is 7. The second kappa shape index (κ2) is 9.30. The number of carbonyl (C=O) groups is 1. The molecule has 0 aliphatic carbocycles. The van der Waals surface area contributed by atoms with Crippen molar-refractivity contribution in [1.82, 2.24) is 14.9 Å². The molecule has 9 nitrogen and oxygen atoms in total. The summed E-state index contributed by atoms with van der Waals surface area (Å²) in [6, 6.07) is 8.59. The van der Waals surface area contributed by atoms with Crippen molar-refractivity contribution in [3.8, 4) is 0 Å². The van der Waals surface area contributed by atoms with Crippen LogP contribution < -0.4 is 21.3 Å². The van der Waals surface area contributed by atoms with Gasteiger partial charge in [0.15, 0.2) is 11.6 Å². The van der Waals surface area contributed by atoms with Gasteiger partial charge >= 0.3 is 0 Å². The number of aromatic nitrogens is 2. The van der Waals surface area contributed by atoms with Crippen molar-refractivity contribution in [2.24, 2.45) is 0 Å². The molecular formula is C23H31N7O2. The van der Waals surface area contributed by atoms with Crippen LogP contribution in [0, 0.1) is 0 Å². The van der Waals surface area contributed by atoms with Crippen LogP contribution >= 0.6 is 0 Å². The Balaban J connectivity index is 1.34. The first-order chi connectivity index (χ1) is 15.6. The molecule has 1 aromatic heterocycles. The second-order valence-corrected chi connectivity index (χ2v) is 8.85. The average molecular weight is 438 g/mol. The Kier molecular flexibility index (Phi) is 6.09. The van der Waals surface area contributed by atoms with Crippen LogP contribution in [0.3, 0.4) is 0 Å². The molecular weight excluding hydrogens is 406 g/mol. The number of hydrogen-bond donors (Lipinski definition) is 3. The zero-order valence-electron chi connectivity index (χ0n) is 18.3. The van der Waals surface area contributed by atoms with E-state index in [1.807, 2.05) is 4.90 Å². The molecule has 32 heavy (non-hydrogen) atoms. The molecule has 0 saturated carbocycles. The molecule has 1 aromatic carbocycles. The first-order valence-corrected chi connectivity index (χ1v) is 11.5. The van der Waals surface area contributed by atoms with Crippen LogP contribution in [0.2, 0.25) is 0 Å². The van der Waals surface area contributed by atoms with Gasteiger partial charge in [-0.15, -0.1) is 0 Å². The minimum Gasteiger partial charge on any atom is -0.382 e. The molecule has 1 atom stereocenters. The number of carbonyl (C=O) groups excluding carboxylic acids is 1. The number of nitrogens with two attached hydrogens (primary N) is 1. The van der Waals surface area contributed by atoms with Crippen molar-refractivity contribution >= 4 is 29.2 Å². The summed E-state index contributed by atoms with van der Waals surface area (Å²) in [7, 11) is 0. The number of nitrogens with zero attached hydrogens (tertiary/aromatic N) is 4. The van der Waals surface area contributed by atoms with Crippen molar-refractivity contribution in [2.75, 3.05) is 54.1 Å². The van der Waals surface area contributed by atoms with Gasteiger partial charge in [-0.05, 0) is 49.9 Å². The monoisotopic (exact) mass is 437 g/mol. The van der Waals surface area contributed by atoms with E-state index in [4.69, 9.17) is 15.5 Å². The van der Waals surface area contributed by atoms with Gasteiger partial charge in [-0.1, -0.05) is 24.3 Å². The molecule has 2 fully saturated rings. The van der Waals surface area contributed by atoms with Gasteiger partial charge in [0.1, 0.15) is 5.69 Å². The molecule has 0 radical (unpaired) electrons. The highest BCUT2D eigenvalue weighted by Gasteiger charge is 2.27. The Hall–Kier alpha value is -2.91. The van der Waals surface area contributed by atoms with E-state index in [0.717, 1.165) is 31.6 Å². The number of anilines is 4. The molecule has 4 N–H and O–H groups in total. The smallest absolute Gasteiger partial charge is 0.244 e. The van der Waals surface area contributed by atoms with Gasteiger partial charge in [-0.25, -0.2) is 0 Å². The first kappa shape index (κ1) is 21.0. The van der Waals surface area contributed by atoms with Crippen LogP contribution in [0.25, 0.3) is 0 Å². The number of nitrogen functional groups attached to an aromatic ring is 1. The zero-order valence-corrected chi connectivity index (χ0v) is 18.3. The Labute approximate surface area is 188 Å². The summed E-state index contributed by atoms with van der Waals surface area (Å²) < 4.78 is 5.67. The minimum absolute atomic E-state index is 0.110. The minimum atomic E-state index is -0.110. The normalized spacial score (nSPS) is 20.9. The number of amides is 1. The van der Waals surface area contributed by atoms with E-state index in [1.54, 1.807) is 0 Å². The lowest BCUT2D eigenvalue weighted by Gasteiger charge is -2.30. The summed E-state index contributed by atoms with van der Waals surface area (Å²) in [5, 5.41) is 6.09. The van der Waals surface area contributed by atoms with E-state index < -0.39 is 0 Å². The maximum Gasteiger partial charge on any atom is 0.244 e. The summed E-state index contributed by atoms with van der Waals surface area (Å²) >= 11 is 0. The van der Waals surface area contributed by atoms with Gasteiger partial charge in [-0.3, -0.25) is 9.69 Å². The zero-order chi connectivity index (χ0) is 21.9. The van der Waals surface area contributed by atoms with Gasteiger partial charge in [-0.2, -0.15) is 9.97 Å². The topological polar surface area (TPSA) is 109 Å². The third-order valence-corrected chi connectivity index (χ3v) is 6.30. The molecule has 0 bridgehead atoms. The first-order valence-electron chi connectivity index (χ1n) is 11.5. The molecule has 4 heterocycles. The van der Waals surface area contributed by atoms with Crippen molar-refractivity contribution in [3.63, 3.8) is 0 Å². The number of likely N-dealkylation sites (tertiary alicyclic amines) is 1. The van der Waals surface area contributed by atoms with Gasteiger partial charge in [0.25, 0.3) is 0 Å². The maximum absolute atomic E-state index is 12.4. The lowest BCUT2D eigenvalue weighted by molar-refractivity contribution is -0.115. The van der Waals surface area contributed by atoms with Crippen molar-refractivity contribution < 1.29 is 9.53 Å². The standard InChI is InChI=1S/C23H31N7O2/c24-21-20-22(28-23(27-21)25-12-18-7-4-10-32-18)30(15-19(31)26-20)14-17-6-3-5-16(11-17)13-29-8-1-2-9-29/h3,5-6,11,18H,1-2,4,7-10,12-15H2,(H,26,31)(H3,24,25,27,28). The second-order valence-electron chi connectivity index (χ2n) is 8.85. The molecule has 3 aliphatic heterocycles. The number of benzene rings is 1. The third-order valence-electron chi connectivity index (χ3n) is 6.30. The molecule has 9 heteroatoms. The summed E-state index contributed by atoms with van der Waals surface area (Å²) in [6.07, 6.45) is 4.84. The van der Waals surface area contributed by atoms with E-state index in [9.17, 15) is 4.79 Å². The van der Waals surface area contributed by atoms with Crippen LogP contribution in [0.4, 0.5) is 23.3 Å². The lowest BCUT2D eigenvalue weighted by atomic mass is 10.1. The Bertz CT molecular complexity index is 971. The predicted molar refractivity (Wildman–Crippen MR) is 125 cm³/mol. The molecule has 170 valence electrons. The van der Waals surface area contributed by atoms with Gasteiger partial charge in [0.2, 0.25) is 11.9 Å². The maximum atomic E-state index is 12.4. The Morgan fingerprint density at radius 1 is 1.16 bits per heavy atom. The highest BCUT2D eigenvalue weighted by Crippen LogP contribution is 2.34. The molecule has 2 aromatic rings. The summed E-state index contributed by atoms with van der Waals surface area (Å²) in [6.45, 7) is 5.56. The SMILES string of the molecule is Nc1nc(NCC2CCCO2)nc2c1NC(=O)CN2Cc1cccc(CN2CCCC2)c1. The van der Waals surface area contributed by atoms with Crippen LogP contribution in [-0.4, -0.2) is 59.7 Å². The van der Waals surface area contributed by atoms with E-state index >= 15 is 0 Å². The number of ether oxygens (including phenoxy) is 1. The summed E-state index contributed by atoms with van der Waals surface area (Å²) in [5.74, 6) is 1.27. The average Bonchev–Trinajstić information content (AvgIpc) is 3.48. The van der Waals surface area contributed by atoms with Gasteiger partial charge in [0, 0.05) is 26.2 Å². The van der Waals surface area contributed by atoms with Gasteiger partial charge < -0.3 is 26.0 Å². The Morgan fingerprint density at radius 2 is 1.97 bits per heavy atom. The largest absolute Gasteiger partial charge is 0.382 e. The van der Waals surface area contributed by atoms with Crippen LogP contribution in [0.1, 0.15) is 36.8 Å². The molecule has 2 saturated heterocycles. The molecule has 1 amide bonds. The third kappa shape index (κ3) is 4.78. The lowest BCUT2D eigenvalue weighted by Crippen LogP contribution is -2.39. The highest BCUT2D eigenvalue weighted by atomic mass is 16.5. The molecule has 5 rings (SSSR count).